The number of anilines is 1. The first-order valence-electron chi connectivity index (χ1n) is 7.18. The summed E-state index contributed by atoms with van der Waals surface area (Å²) in [5.41, 5.74) is 6.11. The maximum atomic E-state index is 12.3. The van der Waals surface area contributed by atoms with Crippen molar-refractivity contribution in [3.05, 3.63) is 65.7 Å². The normalized spacial score (nSPS) is 17.9. The molecule has 2 aromatic rings. The summed E-state index contributed by atoms with van der Waals surface area (Å²) in [6, 6.07) is 18.0. The van der Waals surface area contributed by atoms with Gasteiger partial charge in [-0.05, 0) is 30.5 Å². The maximum Gasteiger partial charge on any atom is 0.269 e. The minimum Gasteiger partial charge on any atom is -0.368 e. The molecule has 0 radical (unpaired) electrons. The van der Waals surface area contributed by atoms with Crippen LogP contribution in [0.2, 0.25) is 0 Å². The van der Waals surface area contributed by atoms with E-state index in [9.17, 15) is 4.79 Å². The topological polar surface area (TPSA) is 44.4 Å². The van der Waals surface area contributed by atoms with E-state index in [2.05, 4.69) is 22.9 Å². The molecule has 1 aliphatic rings. The molecule has 0 saturated carbocycles. The van der Waals surface area contributed by atoms with Gasteiger partial charge in [-0.25, -0.2) is 5.43 Å². The number of nitrogens with zero attached hydrogens (tertiary/aromatic N) is 1. The molecule has 1 atom stereocenters. The highest BCUT2D eigenvalue weighted by Crippen LogP contribution is 2.21. The fraction of sp³-hybridized carbons (Fsp3) is 0.235. The van der Waals surface area contributed by atoms with Crippen molar-refractivity contribution in [3.63, 3.8) is 0 Å². The zero-order chi connectivity index (χ0) is 14.7. The second-order valence-corrected chi connectivity index (χ2v) is 5.26. The van der Waals surface area contributed by atoms with E-state index in [1.807, 2.05) is 42.5 Å². The van der Waals surface area contributed by atoms with Crippen LogP contribution in [-0.2, 0) is 6.42 Å². The summed E-state index contributed by atoms with van der Waals surface area (Å²) in [7, 11) is 1.77. The predicted molar refractivity (Wildman–Crippen MR) is 83.8 cm³/mol. The number of hydrazine groups is 1. The minimum atomic E-state index is -0.0136. The smallest absolute Gasteiger partial charge is 0.269 e. The Kier molecular flexibility index (Phi) is 3.88. The number of fused-ring (bicyclic) bond motifs is 1. The van der Waals surface area contributed by atoms with Crippen LogP contribution in [0.25, 0.3) is 0 Å². The Labute approximate surface area is 124 Å². The number of para-hydroxylation sites is 1. The molecule has 0 aromatic heterocycles. The average Bonchev–Trinajstić information content (AvgIpc) is 2.64. The third-order valence-corrected chi connectivity index (χ3v) is 3.71. The van der Waals surface area contributed by atoms with E-state index in [1.54, 1.807) is 12.1 Å². The van der Waals surface area contributed by atoms with E-state index in [-0.39, 0.29) is 12.1 Å². The second-order valence-electron chi connectivity index (χ2n) is 5.26. The molecule has 1 unspecified atom stereocenters. The number of benzene rings is 2. The lowest BCUT2D eigenvalue weighted by atomic mass is 10.1. The summed E-state index contributed by atoms with van der Waals surface area (Å²) in [5.74, 6) is -0.0136. The Balaban J connectivity index is 1.74. The van der Waals surface area contributed by atoms with Gasteiger partial charge in [0.25, 0.3) is 5.91 Å². The van der Waals surface area contributed by atoms with Crippen LogP contribution in [0.15, 0.2) is 54.6 Å². The maximum absolute atomic E-state index is 12.3. The molecule has 1 heterocycles. The van der Waals surface area contributed by atoms with Crippen molar-refractivity contribution in [1.29, 1.82) is 0 Å². The summed E-state index contributed by atoms with van der Waals surface area (Å²) >= 11 is 0. The molecule has 1 amide bonds. The van der Waals surface area contributed by atoms with Gasteiger partial charge in [0.2, 0.25) is 0 Å². The number of hydrogen-bond acceptors (Lipinski definition) is 3. The second kappa shape index (κ2) is 5.97. The summed E-state index contributed by atoms with van der Waals surface area (Å²) in [6.45, 7) is 0. The molecule has 4 nitrogen and oxygen atoms in total. The monoisotopic (exact) mass is 281 g/mol. The van der Waals surface area contributed by atoms with Crippen molar-refractivity contribution in [3.8, 4) is 0 Å². The molecule has 1 aliphatic heterocycles. The Hall–Kier alpha value is -2.33. The lowest BCUT2D eigenvalue weighted by Gasteiger charge is -2.23. The van der Waals surface area contributed by atoms with E-state index in [4.69, 9.17) is 0 Å². The van der Waals surface area contributed by atoms with Crippen LogP contribution in [0.5, 0.6) is 0 Å². The molecular weight excluding hydrogens is 262 g/mol. The number of carbonyl (C=O) groups excluding carboxylic acids is 1. The standard InChI is InChI=1S/C17H19N3O/c1-20-17(21)14-9-5-6-10-15(14)18-16(19-20)12-11-13-7-3-2-4-8-13/h2-10,16,18-19H,11-12H2,1H3. The van der Waals surface area contributed by atoms with Crippen molar-refractivity contribution in [2.45, 2.75) is 19.0 Å². The van der Waals surface area contributed by atoms with Crippen molar-refractivity contribution in [2.24, 2.45) is 0 Å². The van der Waals surface area contributed by atoms with Crippen molar-refractivity contribution < 1.29 is 4.79 Å². The van der Waals surface area contributed by atoms with Crippen LogP contribution in [0.3, 0.4) is 0 Å². The van der Waals surface area contributed by atoms with Crippen LogP contribution < -0.4 is 10.7 Å². The molecule has 2 N–H and O–H groups in total. The molecule has 2 aromatic carbocycles. The van der Waals surface area contributed by atoms with E-state index < -0.39 is 0 Å². The molecule has 4 heteroatoms. The van der Waals surface area contributed by atoms with Gasteiger partial charge in [-0.3, -0.25) is 9.80 Å². The zero-order valence-electron chi connectivity index (χ0n) is 12.0. The van der Waals surface area contributed by atoms with E-state index in [0.717, 1.165) is 18.5 Å². The van der Waals surface area contributed by atoms with Crippen LogP contribution in [-0.4, -0.2) is 24.1 Å². The van der Waals surface area contributed by atoms with Crippen LogP contribution >= 0.6 is 0 Å². The Bertz CT molecular complexity index is 627. The van der Waals surface area contributed by atoms with E-state index in [0.29, 0.717) is 5.56 Å². The molecule has 21 heavy (non-hydrogen) atoms. The van der Waals surface area contributed by atoms with Gasteiger partial charge in [-0.1, -0.05) is 42.5 Å². The largest absolute Gasteiger partial charge is 0.368 e. The molecule has 0 aliphatic carbocycles. The van der Waals surface area contributed by atoms with Crippen LogP contribution in [0, 0.1) is 0 Å². The number of rotatable bonds is 3. The SMILES string of the molecule is CN1NC(CCc2ccccc2)Nc2ccccc2C1=O. The number of hydrogen-bond donors (Lipinski definition) is 2. The fourth-order valence-electron chi connectivity index (χ4n) is 2.58. The van der Waals surface area contributed by atoms with Gasteiger partial charge in [0.15, 0.2) is 0 Å². The van der Waals surface area contributed by atoms with Gasteiger partial charge in [0, 0.05) is 12.7 Å². The average molecular weight is 281 g/mol. The first-order valence-corrected chi connectivity index (χ1v) is 7.18. The summed E-state index contributed by atoms with van der Waals surface area (Å²) in [6.07, 6.45) is 1.88. The number of amides is 1. The van der Waals surface area contributed by atoms with Crippen molar-refractivity contribution >= 4 is 11.6 Å². The van der Waals surface area contributed by atoms with Gasteiger partial charge < -0.3 is 5.32 Å². The Morgan fingerprint density at radius 1 is 1.05 bits per heavy atom. The Morgan fingerprint density at radius 2 is 1.76 bits per heavy atom. The Morgan fingerprint density at radius 3 is 2.57 bits per heavy atom. The number of carbonyl (C=O) groups is 1. The third-order valence-electron chi connectivity index (χ3n) is 3.71. The van der Waals surface area contributed by atoms with Crippen LogP contribution in [0.4, 0.5) is 5.69 Å². The zero-order valence-corrected chi connectivity index (χ0v) is 12.0. The van der Waals surface area contributed by atoms with Crippen molar-refractivity contribution in [2.75, 3.05) is 12.4 Å². The summed E-state index contributed by atoms with van der Waals surface area (Å²) < 4.78 is 0. The molecular formula is C17H19N3O. The van der Waals surface area contributed by atoms with E-state index >= 15 is 0 Å². The molecule has 0 saturated heterocycles. The lowest BCUT2D eigenvalue weighted by Crippen LogP contribution is -2.46. The van der Waals surface area contributed by atoms with Gasteiger partial charge >= 0.3 is 0 Å². The first-order chi connectivity index (χ1) is 10.2. The lowest BCUT2D eigenvalue weighted by molar-refractivity contribution is 0.0700. The molecule has 0 bridgehead atoms. The predicted octanol–water partition coefficient (Wildman–Crippen LogP) is 2.65. The number of aryl methyl sites for hydroxylation is 1. The molecule has 0 spiro atoms. The van der Waals surface area contributed by atoms with Gasteiger partial charge in [0.05, 0.1) is 11.7 Å². The molecule has 3 rings (SSSR count). The fourth-order valence-corrected chi connectivity index (χ4v) is 2.58. The van der Waals surface area contributed by atoms with Gasteiger partial charge in [-0.15, -0.1) is 0 Å². The van der Waals surface area contributed by atoms with Crippen molar-refractivity contribution in [1.82, 2.24) is 10.4 Å². The quantitative estimate of drug-likeness (QED) is 0.909. The highest BCUT2D eigenvalue weighted by molar-refractivity contribution is 5.99. The van der Waals surface area contributed by atoms with Gasteiger partial charge in [-0.2, -0.15) is 0 Å². The number of nitrogens with one attached hydrogen (secondary N) is 2. The third kappa shape index (κ3) is 3.06. The van der Waals surface area contributed by atoms with Crippen LogP contribution in [0.1, 0.15) is 22.3 Å². The minimum absolute atomic E-state index is 0.0136. The highest BCUT2D eigenvalue weighted by atomic mass is 16.2. The van der Waals surface area contributed by atoms with E-state index in [1.165, 1.54) is 5.56 Å². The summed E-state index contributed by atoms with van der Waals surface area (Å²) in [5, 5.41) is 4.98. The molecule has 108 valence electrons. The highest BCUT2D eigenvalue weighted by Gasteiger charge is 2.23. The summed E-state index contributed by atoms with van der Waals surface area (Å²) in [4.78, 5) is 12.3. The first kappa shape index (κ1) is 13.6. The van der Waals surface area contributed by atoms with Gasteiger partial charge in [0.1, 0.15) is 0 Å². The molecule has 0 fully saturated rings.